The molecule has 1 aromatic carbocycles. The molecule has 0 amide bonds. The zero-order valence-electron chi connectivity index (χ0n) is 15.1. The fourth-order valence-corrected chi connectivity index (χ4v) is 2.46. The van der Waals surface area contributed by atoms with E-state index in [0.717, 1.165) is 16.7 Å². The van der Waals surface area contributed by atoms with Gasteiger partial charge in [0.25, 0.3) is 0 Å². The van der Waals surface area contributed by atoms with Crippen LogP contribution in [-0.4, -0.2) is 14.8 Å². The van der Waals surface area contributed by atoms with Crippen molar-refractivity contribution in [1.82, 2.24) is 14.8 Å². The van der Waals surface area contributed by atoms with Gasteiger partial charge in [-0.2, -0.15) is 15.6 Å². The zero-order valence-corrected chi connectivity index (χ0v) is 15.1. The Bertz CT molecular complexity index is 770. The molecular formula is C19H23N5. The summed E-state index contributed by atoms with van der Waals surface area (Å²) in [6.45, 7) is 11.6. The maximum Gasteiger partial charge on any atom is 0.137 e. The van der Waals surface area contributed by atoms with Gasteiger partial charge in [-0.05, 0) is 58.2 Å². The molecule has 2 rings (SSSR count). The van der Waals surface area contributed by atoms with Crippen LogP contribution < -0.4 is 0 Å². The van der Waals surface area contributed by atoms with Crippen molar-refractivity contribution in [2.45, 2.75) is 57.9 Å². The van der Waals surface area contributed by atoms with E-state index in [4.69, 9.17) is 0 Å². The second-order valence-electron chi connectivity index (χ2n) is 7.67. The molecule has 0 fully saturated rings. The van der Waals surface area contributed by atoms with Crippen LogP contribution >= 0.6 is 0 Å². The van der Waals surface area contributed by atoms with E-state index in [2.05, 4.69) is 22.2 Å². The van der Waals surface area contributed by atoms with E-state index >= 15 is 0 Å². The van der Waals surface area contributed by atoms with Gasteiger partial charge in [0.05, 0.1) is 28.5 Å². The van der Waals surface area contributed by atoms with Gasteiger partial charge in [0, 0.05) is 0 Å². The van der Waals surface area contributed by atoms with Crippen LogP contribution in [0, 0.1) is 22.7 Å². The lowest BCUT2D eigenvalue weighted by atomic mass is 9.77. The summed E-state index contributed by atoms with van der Waals surface area (Å²) < 4.78 is 1.79. The lowest BCUT2D eigenvalue weighted by Crippen LogP contribution is -2.30. The van der Waals surface area contributed by atoms with E-state index in [1.165, 1.54) is 6.33 Å². The van der Waals surface area contributed by atoms with Crippen LogP contribution in [-0.2, 0) is 16.4 Å². The summed E-state index contributed by atoms with van der Waals surface area (Å²) in [4.78, 5) is 4.04. The van der Waals surface area contributed by atoms with E-state index in [1.807, 2.05) is 59.7 Å². The average molecular weight is 321 g/mol. The third kappa shape index (κ3) is 3.03. The molecule has 2 aromatic rings. The molecule has 0 aliphatic heterocycles. The normalized spacial score (nSPS) is 12.5. The van der Waals surface area contributed by atoms with Crippen molar-refractivity contribution >= 4 is 0 Å². The highest BCUT2D eigenvalue weighted by Gasteiger charge is 2.31. The topological polar surface area (TPSA) is 78.3 Å². The van der Waals surface area contributed by atoms with Crippen LogP contribution in [0.3, 0.4) is 0 Å². The van der Waals surface area contributed by atoms with Crippen LogP contribution in [0.1, 0.15) is 58.2 Å². The first kappa shape index (κ1) is 17.7. The Kier molecular flexibility index (Phi) is 4.25. The standard InChI is InChI=1S/C19H23N5/c1-17(2,10-20)14-7-15(18(3,4)11-21)9-16(8-14)19(5,6)24-13-22-12-23-24/h7-9,12-13H,1-6H3. The Balaban J connectivity index is 2.74. The Labute approximate surface area is 143 Å². The summed E-state index contributed by atoms with van der Waals surface area (Å²) in [5.41, 5.74) is 1.05. The van der Waals surface area contributed by atoms with Gasteiger partial charge in [-0.1, -0.05) is 18.2 Å². The highest BCUT2D eigenvalue weighted by Crippen LogP contribution is 2.34. The molecule has 124 valence electrons. The van der Waals surface area contributed by atoms with Gasteiger partial charge in [0.15, 0.2) is 0 Å². The van der Waals surface area contributed by atoms with Crippen molar-refractivity contribution in [2.75, 3.05) is 0 Å². The minimum atomic E-state index is -0.644. The van der Waals surface area contributed by atoms with E-state index in [9.17, 15) is 10.5 Å². The van der Waals surface area contributed by atoms with Gasteiger partial charge in [-0.15, -0.1) is 0 Å². The molecule has 0 saturated carbocycles. The molecular weight excluding hydrogens is 298 g/mol. The van der Waals surface area contributed by atoms with Crippen molar-refractivity contribution in [3.63, 3.8) is 0 Å². The molecule has 0 unspecified atom stereocenters. The van der Waals surface area contributed by atoms with Crippen LogP contribution in [0.25, 0.3) is 0 Å². The number of hydrogen-bond donors (Lipinski definition) is 0. The third-order valence-corrected chi connectivity index (χ3v) is 4.63. The van der Waals surface area contributed by atoms with Crippen molar-refractivity contribution in [3.05, 3.63) is 47.5 Å². The minimum Gasteiger partial charge on any atom is -0.243 e. The molecule has 24 heavy (non-hydrogen) atoms. The number of benzene rings is 1. The van der Waals surface area contributed by atoms with Crippen molar-refractivity contribution in [3.8, 4) is 12.1 Å². The number of nitriles is 2. The second kappa shape index (κ2) is 5.76. The Morgan fingerprint density at radius 2 is 1.29 bits per heavy atom. The first-order valence-electron chi connectivity index (χ1n) is 7.89. The first-order valence-corrected chi connectivity index (χ1v) is 7.89. The summed E-state index contributed by atoms with van der Waals surface area (Å²) in [7, 11) is 0. The minimum absolute atomic E-state index is 0.446. The third-order valence-electron chi connectivity index (χ3n) is 4.63. The Morgan fingerprint density at radius 3 is 1.67 bits per heavy atom. The van der Waals surface area contributed by atoms with Crippen LogP contribution in [0.4, 0.5) is 0 Å². The summed E-state index contributed by atoms with van der Waals surface area (Å²) in [6.07, 6.45) is 3.18. The summed E-state index contributed by atoms with van der Waals surface area (Å²) >= 11 is 0. The number of rotatable bonds is 4. The lowest BCUT2D eigenvalue weighted by Gasteiger charge is -2.30. The Morgan fingerprint density at radius 1 is 0.833 bits per heavy atom. The number of nitrogens with zero attached hydrogens (tertiary/aromatic N) is 5. The molecule has 5 heteroatoms. The molecule has 0 spiro atoms. The quantitative estimate of drug-likeness (QED) is 0.860. The maximum atomic E-state index is 9.53. The molecule has 0 radical (unpaired) electrons. The number of aromatic nitrogens is 3. The van der Waals surface area contributed by atoms with Crippen molar-refractivity contribution in [1.29, 1.82) is 10.5 Å². The summed E-state index contributed by atoms with van der Waals surface area (Å²) in [5, 5.41) is 23.3. The molecule has 1 aromatic heterocycles. The lowest BCUT2D eigenvalue weighted by molar-refractivity contribution is 0.388. The largest absolute Gasteiger partial charge is 0.243 e. The molecule has 1 heterocycles. The van der Waals surface area contributed by atoms with E-state index in [0.29, 0.717) is 0 Å². The molecule has 0 N–H and O–H groups in total. The van der Waals surface area contributed by atoms with Gasteiger partial charge in [-0.25, -0.2) is 9.67 Å². The SMILES string of the molecule is CC(C)(C#N)c1cc(C(C)(C)C#N)cc(C(C)(C)n2cncn2)c1. The fraction of sp³-hybridized carbons (Fsp3) is 0.474. The monoisotopic (exact) mass is 321 g/mol. The van der Waals surface area contributed by atoms with E-state index < -0.39 is 16.4 Å². The summed E-state index contributed by atoms with van der Waals surface area (Å²) in [5.74, 6) is 0. The van der Waals surface area contributed by atoms with Crippen LogP contribution in [0.5, 0.6) is 0 Å². The maximum absolute atomic E-state index is 9.53. The first-order chi connectivity index (χ1) is 11.0. The fourth-order valence-electron chi connectivity index (χ4n) is 2.46. The van der Waals surface area contributed by atoms with Gasteiger partial charge < -0.3 is 0 Å². The summed E-state index contributed by atoms with van der Waals surface area (Å²) in [6, 6.07) is 10.7. The van der Waals surface area contributed by atoms with E-state index in [-0.39, 0.29) is 0 Å². The van der Waals surface area contributed by atoms with E-state index in [1.54, 1.807) is 11.0 Å². The molecule has 0 bridgehead atoms. The molecule has 5 nitrogen and oxygen atoms in total. The van der Waals surface area contributed by atoms with Crippen molar-refractivity contribution < 1.29 is 0 Å². The molecule has 0 saturated heterocycles. The number of hydrogen-bond acceptors (Lipinski definition) is 4. The molecule has 0 aliphatic carbocycles. The second-order valence-corrected chi connectivity index (χ2v) is 7.67. The van der Waals surface area contributed by atoms with Gasteiger partial charge >= 0.3 is 0 Å². The smallest absolute Gasteiger partial charge is 0.137 e. The molecule has 0 atom stereocenters. The van der Waals surface area contributed by atoms with Crippen LogP contribution in [0.2, 0.25) is 0 Å². The van der Waals surface area contributed by atoms with Crippen molar-refractivity contribution in [2.24, 2.45) is 0 Å². The highest BCUT2D eigenvalue weighted by molar-refractivity contribution is 5.44. The Hall–Kier alpha value is -2.66. The van der Waals surface area contributed by atoms with Gasteiger partial charge in [0.2, 0.25) is 0 Å². The average Bonchev–Trinajstić information content (AvgIpc) is 3.09. The zero-order chi connectivity index (χ0) is 18.2. The molecule has 0 aliphatic rings. The highest BCUT2D eigenvalue weighted by atomic mass is 15.3. The predicted octanol–water partition coefficient (Wildman–Crippen LogP) is 3.66. The van der Waals surface area contributed by atoms with Gasteiger partial charge in [-0.3, -0.25) is 0 Å². The van der Waals surface area contributed by atoms with Crippen LogP contribution in [0.15, 0.2) is 30.9 Å². The predicted molar refractivity (Wildman–Crippen MR) is 92.2 cm³/mol. The van der Waals surface area contributed by atoms with Gasteiger partial charge in [0.1, 0.15) is 12.7 Å².